The molecule has 0 aliphatic carbocycles. The van der Waals surface area contributed by atoms with Crippen LogP contribution < -0.4 is 4.90 Å². The van der Waals surface area contributed by atoms with Gasteiger partial charge in [-0.1, -0.05) is 6.07 Å². The molecular weight excluding hydrogens is 270 g/mol. The van der Waals surface area contributed by atoms with Gasteiger partial charge in [0.05, 0.1) is 24.1 Å². The first-order valence-electron chi connectivity index (χ1n) is 6.53. The smallest absolute Gasteiger partial charge is 0.299 e. The number of hydrogen-bond acceptors (Lipinski definition) is 4. The summed E-state index contributed by atoms with van der Waals surface area (Å²) in [7, 11) is 0. The van der Waals surface area contributed by atoms with Crippen LogP contribution in [0.2, 0.25) is 0 Å². The van der Waals surface area contributed by atoms with Gasteiger partial charge < -0.3 is 4.42 Å². The van der Waals surface area contributed by atoms with E-state index in [-0.39, 0.29) is 18.1 Å². The Morgan fingerprint density at radius 1 is 1.24 bits per heavy atom. The zero-order valence-corrected chi connectivity index (χ0v) is 11.7. The molecule has 5 nitrogen and oxygen atoms in total. The molecular formula is C16H13NO4. The van der Waals surface area contributed by atoms with Crippen molar-refractivity contribution in [2.75, 3.05) is 11.4 Å². The molecule has 0 unspecified atom stereocenters. The molecule has 0 radical (unpaired) electrons. The number of ketones is 2. The van der Waals surface area contributed by atoms with Crippen LogP contribution in [0.25, 0.3) is 0 Å². The van der Waals surface area contributed by atoms with E-state index in [4.69, 9.17) is 4.42 Å². The van der Waals surface area contributed by atoms with Crippen molar-refractivity contribution in [3.05, 3.63) is 53.0 Å². The average molecular weight is 283 g/mol. The Morgan fingerprint density at radius 2 is 2.00 bits per heavy atom. The molecule has 21 heavy (non-hydrogen) atoms. The molecule has 0 N–H and O–H groups in total. The first kappa shape index (κ1) is 13.3. The Labute approximate surface area is 121 Å². The van der Waals surface area contributed by atoms with Gasteiger partial charge in [-0.3, -0.25) is 19.3 Å². The van der Waals surface area contributed by atoms with Crippen molar-refractivity contribution in [2.24, 2.45) is 0 Å². The van der Waals surface area contributed by atoms with Crippen molar-refractivity contribution in [3.8, 4) is 0 Å². The number of anilines is 1. The second kappa shape index (κ2) is 4.70. The quantitative estimate of drug-likeness (QED) is 0.640. The number of carbonyl (C=O) groups excluding carboxylic acids is 3. The minimum Gasteiger partial charge on any atom is -0.461 e. The molecule has 0 saturated carbocycles. The molecule has 106 valence electrons. The standard InChI is InChI=1S/C16H13NO4/c1-9-6-10(2)14-11(7-9)15(19)16(20)17(14)8-12(18)13-4-3-5-21-13/h3-7H,8H2,1-2H3. The van der Waals surface area contributed by atoms with Crippen LogP contribution in [0.1, 0.15) is 32.0 Å². The highest BCUT2D eigenvalue weighted by Gasteiger charge is 2.38. The molecule has 1 aliphatic heterocycles. The van der Waals surface area contributed by atoms with E-state index < -0.39 is 11.7 Å². The number of aryl methyl sites for hydroxylation is 2. The van der Waals surface area contributed by atoms with Gasteiger partial charge in [0.1, 0.15) is 0 Å². The molecule has 1 aromatic carbocycles. The lowest BCUT2D eigenvalue weighted by Gasteiger charge is -2.17. The van der Waals surface area contributed by atoms with Crippen LogP contribution in [0, 0.1) is 13.8 Å². The maximum atomic E-state index is 12.1. The first-order valence-corrected chi connectivity index (χ1v) is 6.53. The Hall–Kier alpha value is -2.69. The maximum Gasteiger partial charge on any atom is 0.299 e. The molecule has 0 atom stereocenters. The van der Waals surface area contributed by atoms with Gasteiger partial charge in [0.25, 0.3) is 11.7 Å². The molecule has 3 rings (SSSR count). The molecule has 5 heteroatoms. The summed E-state index contributed by atoms with van der Waals surface area (Å²) in [5, 5.41) is 0. The van der Waals surface area contributed by atoms with Crippen molar-refractivity contribution in [2.45, 2.75) is 13.8 Å². The fourth-order valence-corrected chi connectivity index (χ4v) is 2.64. The van der Waals surface area contributed by atoms with Crippen LogP contribution in [0.4, 0.5) is 5.69 Å². The Kier molecular flexibility index (Phi) is 2.97. The number of rotatable bonds is 3. The zero-order valence-electron chi connectivity index (χ0n) is 11.7. The normalized spacial score (nSPS) is 13.7. The second-order valence-corrected chi connectivity index (χ2v) is 5.10. The van der Waals surface area contributed by atoms with Gasteiger partial charge in [0.2, 0.25) is 5.78 Å². The predicted octanol–water partition coefficient (Wildman–Crippen LogP) is 2.31. The van der Waals surface area contributed by atoms with Gasteiger partial charge in [-0.05, 0) is 43.2 Å². The molecule has 2 heterocycles. The Balaban J connectivity index is 2.00. The van der Waals surface area contributed by atoms with Crippen LogP contribution in [0.3, 0.4) is 0 Å². The van der Waals surface area contributed by atoms with Crippen molar-refractivity contribution in [3.63, 3.8) is 0 Å². The van der Waals surface area contributed by atoms with Gasteiger partial charge in [0, 0.05) is 0 Å². The summed E-state index contributed by atoms with van der Waals surface area (Å²) < 4.78 is 5.03. The van der Waals surface area contributed by atoms with Crippen LogP contribution in [-0.2, 0) is 4.79 Å². The first-order chi connectivity index (χ1) is 9.99. The monoisotopic (exact) mass is 283 g/mol. The third kappa shape index (κ3) is 2.07. The van der Waals surface area contributed by atoms with E-state index in [2.05, 4.69) is 0 Å². The number of Topliss-reactive ketones (excluding diaryl/α,β-unsaturated/α-hetero) is 2. The maximum absolute atomic E-state index is 12.1. The fourth-order valence-electron chi connectivity index (χ4n) is 2.64. The van der Waals surface area contributed by atoms with Crippen molar-refractivity contribution in [1.29, 1.82) is 0 Å². The highest BCUT2D eigenvalue weighted by Crippen LogP contribution is 2.33. The summed E-state index contributed by atoms with van der Waals surface area (Å²) in [5.74, 6) is -1.40. The zero-order chi connectivity index (χ0) is 15.1. The minimum absolute atomic E-state index is 0.175. The van der Waals surface area contributed by atoms with E-state index in [1.165, 1.54) is 17.2 Å². The van der Waals surface area contributed by atoms with Crippen LogP contribution in [0.5, 0.6) is 0 Å². The van der Waals surface area contributed by atoms with Gasteiger partial charge in [-0.25, -0.2) is 0 Å². The number of carbonyl (C=O) groups is 3. The van der Waals surface area contributed by atoms with Gasteiger partial charge in [-0.15, -0.1) is 0 Å². The van der Waals surface area contributed by atoms with Gasteiger partial charge in [0.15, 0.2) is 5.76 Å². The van der Waals surface area contributed by atoms with E-state index in [0.29, 0.717) is 11.3 Å². The summed E-state index contributed by atoms with van der Waals surface area (Å²) in [6.45, 7) is 3.48. The molecule has 0 bridgehead atoms. The third-order valence-corrected chi connectivity index (χ3v) is 3.50. The second-order valence-electron chi connectivity index (χ2n) is 5.10. The predicted molar refractivity (Wildman–Crippen MR) is 75.6 cm³/mol. The Bertz CT molecular complexity index is 759. The highest BCUT2D eigenvalue weighted by atomic mass is 16.3. The Morgan fingerprint density at radius 3 is 2.67 bits per heavy atom. The molecule has 0 fully saturated rings. The number of nitrogens with zero attached hydrogens (tertiary/aromatic N) is 1. The topological polar surface area (TPSA) is 67.6 Å². The molecule has 2 aromatic rings. The lowest BCUT2D eigenvalue weighted by molar-refractivity contribution is -0.114. The molecule has 1 aromatic heterocycles. The van der Waals surface area contributed by atoms with Crippen molar-refractivity contribution >= 4 is 23.2 Å². The molecule has 0 saturated heterocycles. The van der Waals surface area contributed by atoms with E-state index in [1.807, 2.05) is 19.9 Å². The molecule has 0 spiro atoms. The number of fused-ring (bicyclic) bond motifs is 1. The van der Waals surface area contributed by atoms with E-state index in [1.54, 1.807) is 12.1 Å². The lowest BCUT2D eigenvalue weighted by atomic mass is 10.0. The van der Waals surface area contributed by atoms with Crippen LogP contribution in [0.15, 0.2) is 34.9 Å². The van der Waals surface area contributed by atoms with E-state index in [0.717, 1.165) is 11.1 Å². The molecule has 1 amide bonds. The third-order valence-electron chi connectivity index (χ3n) is 3.50. The lowest BCUT2D eigenvalue weighted by Crippen LogP contribution is -2.34. The fraction of sp³-hybridized carbons (Fsp3) is 0.188. The minimum atomic E-state index is -0.668. The SMILES string of the molecule is Cc1cc(C)c2c(c1)C(=O)C(=O)N2CC(=O)c1ccco1. The number of benzene rings is 1. The summed E-state index contributed by atoms with van der Waals surface area (Å²) in [6.07, 6.45) is 1.40. The number of furan rings is 1. The molecule has 1 aliphatic rings. The summed E-state index contributed by atoms with van der Waals surface area (Å²) in [6, 6.07) is 6.70. The largest absolute Gasteiger partial charge is 0.461 e. The summed E-state index contributed by atoms with van der Waals surface area (Å²) >= 11 is 0. The van der Waals surface area contributed by atoms with E-state index in [9.17, 15) is 14.4 Å². The van der Waals surface area contributed by atoms with Crippen molar-refractivity contribution < 1.29 is 18.8 Å². The summed E-state index contributed by atoms with van der Waals surface area (Å²) in [4.78, 5) is 37.5. The number of amides is 1. The average Bonchev–Trinajstić information content (AvgIpc) is 3.03. The van der Waals surface area contributed by atoms with Crippen molar-refractivity contribution in [1.82, 2.24) is 0 Å². The van der Waals surface area contributed by atoms with Gasteiger partial charge >= 0.3 is 0 Å². The van der Waals surface area contributed by atoms with E-state index >= 15 is 0 Å². The number of hydrogen-bond donors (Lipinski definition) is 0. The summed E-state index contributed by atoms with van der Waals surface area (Å²) in [5.41, 5.74) is 2.60. The van der Waals surface area contributed by atoms with Crippen LogP contribution >= 0.6 is 0 Å². The van der Waals surface area contributed by atoms with Crippen LogP contribution in [-0.4, -0.2) is 24.0 Å². The highest BCUT2D eigenvalue weighted by molar-refractivity contribution is 6.53. The van der Waals surface area contributed by atoms with Gasteiger partial charge in [-0.2, -0.15) is 0 Å².